The van der Waals surface area contributed by atoms with Gasteiger partial charge >= 0.3 is 11.9 Å². The molecule has 0 radical (unpaired) electrons. The number of allylic oxidation sites excluding steroid dienone is 1. The maximum Gasteiger partial charge on any atom is 0.332 e. The molecule has 8 heteroatoms. The van der Waals surface area contributed by atoms with E-state index in [1.54, 1.807) is 13.8 Å². The Morgan fingerprint density at radius 2 is 1.28 bits per heavy atom. The van der Waals surface area contributed by atoms with E-state index in [-0.39, 0.29) is 18.6 Å². The van der Waals surface area contributed by atoms with E-state index in [9.17, 15) is 14.4 Å². The van der Waals surface area contributed by atoms with Crippen LogP contribution in [0, 0.1) is 0 Å². The third kappa shape index (κ3) is 12.4. The predicted molar refractivity (Wildman–Crippen MR) is 131 cm³/mol. The van der Waals surface area contributed by atoms with Gasteiger partial charge in [0.1, 0.15) is 12.2 Å². The lowest BCUT2D eigenvalue weighted by Gasteiger charge is -2.02. The Balaban J connectivity index is 0.000000320. The molecular formula is C24H27Br2NO5. The quantitative estimate of drug-likeness (QED) is 0.262. The number of halogens is 2. The molecule has 2 rings (SSSR count). The lowest BCUT2D eigenvalue weighted by atomic mass is 10.1. The molecule has 0 saturated heterocycles. The van der Waals surface area contributed by atoms with Crippen molar-refractivity contribution in [3.63, 3.8) is 0 Å². The van der Waals surface area contributed by atoms with Crippen molar-refractivity contribution in [2.24, 2.45) is 5.73 Å². The molecular weight excluding hydrogens is 542 g/mol. The predicted octanol–water partition coefficient (Wildman–Crippen LogP) is 4.91. The number of hydrogen-bond acceptors (Lipinski definition) is 6. The standard InChI is InChI=1S/C12H14BrNO2.C12H13BrO3/c2*1-2-16-12(15)8-11(14)7-9-3-5-10(13)6-4-9/h3-6,8H,2,7,14H2,1H3;3-6H,2,7-8H2,1H3/b11-8-;. The summed E-state index contributed by atoms with van der Waals surface area (Å²) in [5.74, 6) is -0.970. The number of ether oxygens (including phenoxy) is 2. The van der Waals surface area contributed by atoms with Crippen LogP contribution in [-0.4, -0.2) is 30.9 Å². The summed E-state index contributed by atoms with van der Waals surface area (Å²) >= 11 is 6.67. The largest absolute Gasteiger partial charge is 0.466 e. The third-order valence-electron chi connectivity index (χ3n) is 3.87. The lowest BCUT2D eigenvalue weighted by Crippen LogP contribution is -2.12. The van der Waals surface area contributed by atoms with E-state index in [4.69, 9.17) is 15.2 Å². The number of Topliss-reactive ketones (excluding diaryl/α,β-unsaturated/α-hetero) is 1. The van der Waals surface area contributed by atoms with Gasteiger partial charge < -0.3 is 15.2 Å². The summed E-state index contributed by atoms with van der Waals surface area (Å²) in [4.78, 5) is 33.6. The first-order chi connectivity index (χ1) is 15.2. The fourth-order valence-corrected chi connectivity index (χ4v) is 3.02. The van der Waals surface area contributed by atoms with Crippen molar-refractivity contribution in [3.05, 3.63) is 80.4 Å². The minimum Gasteiger partial charge on any atom is -0.466 e. The van der Waals surface area contributed by atoms with Crippen LogP contribution in [0.2, 0.25) is 0 Å². The molecule has 0 unspecified atom stereocenters. The van der Waals surface area contributed by atoms with E-state index < -0.39 is 11.9 Å². The molecule has 0 saturated carbocycles. The van der Waals surface area contributed by atoms with Crippen molar-refractivity contribution >= 4 is 49.6 Å². The Labute approximate surface area is 205 Å². The molecule has 2 aromatic rings. The molecule has 0 atom stereocenters. The van der Waals surface area contributed by atoms with Crippen LogP contribution >= 0.6 is 31.9 Å². The Bertz CT molecular complexity index is 909. The van der Waals surface area contributed by atoms with Gasteiger partial charge in [-0.05, 0) is 49.2 Å². The van der Waals surface area contributed by atoms with Gasteiger partial charge in [0.05, 0.1) is 13.2 Å². The molecule has 2 N–H and O–H groups in total. The molecule has 0 amide bonds. The lowest BCUT2D eigenvalue weighted by molar-refractivity contribution is -0.145. The summed E-state index contributed by atoms with van der Waals surface area (Å²) in [7, 11) is 0. The maximum absolute atomic E-state index is 11.5. The van der Waals surface area contributed by atoms with Crippen LogP contribution in [0.25, 0.3) is 0 Å². The van der Waals surface area contributed by atoms with Crippen LogP contribution in [-0.2, 0) is 36.7 Å². The van der Waals surface area contributed by atoms with Gasteiger partial charge in [-0.3, -0.25) is 9.59 Å². The maximum atomic E-state index is 11.5. The Hall–Kier alpha value is -2.45. The minimum absolute atomic E-state index is 0.124. The van der Waals surface area contributed by atoms with Crippen molar-refractivity contribution in [1.82, 2.24) is 0 Å². The van der Waals surface area contributed by atoms with E-state index in [2.05, 4.69) is 31.9 Å². The fraction of sp³-hybridized carbons (Fsp3) is 0.292. The first kappa shape index (κ1) is 27.6. The molecule has 6 nitrogen and oxygen atoms in total. The summed E-state index contributed by atoms with van der Waals surface area (Å²) in [5.41, 5.74) is 8.18. The second kappa shape index (κ2) is 15.4. The van der Waals surface area contributed by atoms with E-state index in [0.29, 0.717) is 25.3 Å². The van der Waals surface area contributed by atoms with Gasteiger partial charge in [0, 0.05) is 33.6 Å². The van der Waals surface area contributed by atoms with Crippen molar-refractivity contribution in [2.75, 3.05) is 13.2 Å². The molecule has 0 aliphatic carbocycles. The summed E-state index contributed by atoms with van der Waals surface area (Å²) < 4.78 is 11.5. The monoisotopic (exact) mass is 567 g/mol. The molecule has 0 bridgehead atoms. The van der Waals surface area contributed by atoms with E-state index >= 15 is 0 Å². The zero-order chi connectivity index (χ0) is 23.9. The summed E-state index contributed by atoms with van der Waals surface area (Å²) in [5, 5.41) is 0. The minimum atomic E-state index is -0.454. The Kier molecular flexibility index (Phi) is 13.2. The second-order valence-corrected chi connectivity index (χ2v) is 8.43. The molecule has 0 aromatic heterocycles. The van der Waals surface area contributed by atoms with Crippen molar-refractivity contribution < 1.29 is 23.9 Å². The van der Waals surface area contributed by atoms with Crippen LogP contribution < -0.4 is 5.73 Å². The molecule has 2 aromatic carbocycles. The highest BCUT2D eigenvalue weighted by atomic mass is 79.9. The Morgan fingerprint density at radius 1 is 0.812 bits per heavy atom. The number of ketones is 1. The highest BCUT2D eigenvalue weighted by Crippen LogP contribution is 2.13. The number of rotatable bonds is 9. The van der Waals surface area contributed by atoms with E-state index in [1.165, 1.54) is 6.08 Å². The number of hydrogen-bond donors (Lipinski definition) is 1. The molecule has 172 valence electrons. The van der Waals surface area contributed by atoms with Gasteiger partial charge in [-0.2, -0.15) is 0 Å². The third-order valence-corrected chi connectivity index (χ3v) is 4.93. The molecule has 0 aliphatic heterocycles. The topological polar surface area (TPSA) is 95.7 Å². The average Bonchev–Trinajstić information content (AvgIpc) is 2.72. The van der Waals surface area contributed by atoms with Gasteiger partial charge in [0.2, 0.25) is 0 Å². The van der Waals surface area contributed by atoms with Crippen LogP contribution in [0.4, 0.5) is 0 Å². The van der Waals surface area contributed by atoms with Crippen molar-refractivity contribution in [1.29, 1.82) is 0 Å². The number of nitrogens with two attached hydrogens (primary N) is 1. The van der Waals surface area contributed by atoms with E-state index in [1.807, 2.05) is 48.5 Å². The number of carbonyl (C=O) groups is 3. The Morgan fingerprint density at radius 3 is 1.75 bits per heavy atom. The van der Waals surface area contributed by atoms with Gasteiger partial charge in [0.15, 0.2) is 0 Å². The zero-order valence-electron chi connectivity index (χ0n) is 18.1. The van der Waals surface area contributed by atoms with Gasteiger partial charge in [-0.15, -0.1) is 0 Å². The summed E-state index contributed by atoms with van der Waals surface area (Å²) in [6, 6.07) is 15.2. The van der Waals surface area contributed by atoms with Gasteiger partial charge in [-0.1, -0.05) is 56.1 Å². The molecule has 0 fully saturated rings. The molecule has 0 aliphatic rings. The number of esters is 2. The highest BCUT2D eigenvalue weighted by Gasteiger charge is 2.10. The van der Waals surface area contributed by atoms with Crippen LogP contribution in [0.3, 0.4) is 0 Å². The smallest absolute Gasteiger partial charge is 0.332 e. The first-order valence-electron chi connectivity index (χ1n) is 10.0. The molecule has 0 spiro atoms. The zero-order valence-corrected chi connectivity index (χ0v) is 21.3. The molecule has 32 heavy (non-hydrogen) atoms. The van der Waals surface area contributed by atoms with Crippen LogP contribution in [0.1, 0.15) is 31.4 Å². The van der Waals surface area contributed by atoms with Gasteiger partial charge in [0.25, 0.3) is 0 Å². The fourth-order valence-electron chi connectivity index (χ4n) is 2.49. The second-order valence-electron chi connectivity index (χ2n) is 6.60. The summed E-state index contributed by atoms with van der Waals surface area (Å²) in [6.07, 6.45) is 1.99. The molecule has 0 heterocycles. The van der Waals surface area contributed by atoms with Crippen LogP contribution in [0.15, 0.2) is 69.2 Å². The van der Waals surface area contributed by atoms with E-state index in [0.717, 1.165) is 20.1 Å². The normalized spacial score (nSPS) is 10.6. The van der Waals surface area contributed by atoms with Gasteiger partial charge in [-0.25, -0.2) is 4.79 Å². The first-order valence-corrected chi connectivity index (χ1v) is 11.6. The number of carbonyl (C=O) groups excluding carboxylic acids is 3. The van der Waals surface area contributed by atoms with Crippen LogP contribution in [0.5, 0.6) is 0 Å². The SMILES string of the molecule is CCOC(=O)/C=C(\N)Cc1ccc(Br)cc1.CCOC(=O)CC(=O)Cc1ccc(Br)cc1. The highest BCUT2D eigenvalue weighted by molar-refractivity contribution is 9.10. The summed E-state index contributed by atoms with van der Waals surface area (Å²) in [6.45, 7) is 4.15. The number of benzene rings is 2. The van der Waals surface area contributed by atoms with Crippen molar-refractivity contribution in [2.45, 2.75) is 33.1 Å². The van der Waals surface area contributed by atoms with Crippen molar-refractivity contribution in [3.8, 4) is 0 Å². The average molecular weight is 569 g/mol.